The van der Waals surface area contributed by atoms with Crippen molar-refractivity contribution in [2.24, 2.45) is 5.92 Å². The van der Waals surface area contributed by atoms with E-state index >= 15 is 0 Å². The van der Waals surface area contributed by atoms with Gasteiger partial charge in [-0.2, -0.15) is 0 Å². The zero-order chi connectivity index (χ0) is 25.0. The maximum atomic E-state index is 13.3. The molecule has 1 saturated heterocycles. The van der Waals surface area contributed by atoms with Crippen LogP contribution in [0.1, 0.15) is 63.5 Å². The van der Waals surface area contributed by atoms with Gasteiger partial charge in [0.25, 0.3) is 0 Å². The molecule has 1 aliphatic rings. The van der Waals surface area contributed by atoms with Crippen molar-refractivity contribution in [2.45, 2.75) is 64.8 Å². The van der Waals surface area contributed by atoms with Crippen molar-refractivity contribution in [3.63, 3.8) is 0 Å². The van der Waals surface area contributed by atoms with E-state index in [4.69, 9.17) is 6.42 Å². The van der Waals surface area contributed by atoms with Gasteiger partial charge in [-0.1, -0.05) is 37.3 Å². The second-order valence-corrected chi connectivity index (χ2v) is 9.02. The highest BCUT2D eigenvalue weighted by molar-refractivity contribution is 5.93. The first-order chi connectivity index (χ1) is 17.0. The Morgan fingerprint density at radius 1 is 1.11 bits per heavy atom. The Morgan fingerprint density at radius 3 is 2.49 bits per heavy atom. The predicted octanol–water partition coefficient (Wildman–Crippen LogP) is 4.85. The van der Waals surface area contributed by atoms with Crippen LogP contribution < -0.4 is 4.90 Å². The topological polar surface area (TPSA) is 53.5 Å². The molecule has 2 aromatic rings. The predicted molar refractivity (Wildman–Crippen MR) is 140 cm³/mol. The molecule has 0 aliphatic carbocycles. The molecule has 1 unspecified atom stereocenters. The average molecular weight is 470 g/mol. The van der Waals surface area contributed by atoms with Crippen molar-refractivity contribution < 1.29 is 9.59 Å². The van der Waals surface area contributed by atoms with Crippen LogP contribution in [0.2, 0.25) is 0 Å². The molecule has 1 fully saturated rings. The number of likely N-dealkylation sites (tertiary alicyclic amines) is 1. The number of piperidine rings is 1. The van der Waals surface area contributed by atoms with Gasteiger partial charge in [0.1, 0.15) is 0 Å². The number of carbonyl (C=O) groups excluding carboxylic acids is 2. The number of rotatable bonds is 8. The molecule has 2 amide bonds. The molecule has 0 radical (unpaired) electrons. The van der Waals surface area contributed by atoms with E-state index in [9.17, 15) is 9.59 Å². The minimum atomic E-state index is -0.0216. The van der Waals surface area contributed by atoms with Gasteiger partial charge in [0.2, 0.25) is 11.8 Å². The number of para-hydroxylation sites is 1. The zero-order valence-electron chi connectivity index (χ0n) is 20.9. The van der Waals surface area contributed by atoms with E-state index in [1.165, 1.54) is 0 Å². The first-order valence-electron chi connectivity index (χ1n) is 12.5. The highest BCUT2D eigenvalue weighted by atomic mass is 16.2. The number of amides is 2. The maximum Gasteiger partial charge on any atom is 0.225 e. The van der Waals surface area contributed by atoms with E-state index in [1.807, 2.05) is 46.2 Å². The Bertz CT molecular complexity index is 1090. The molecule has 0 saturated carbocycles. The molecule has 35 heavy (non-hydrogen) atoms. The van der Waals surface area contributed by atoms with Crippen molar-refractivity contribution in [2.75, 3.05) is 18.0 Å². The summed E-state index contributed by atoms with van der Waals surface area (Å²) in [5.74, 6) is 9.35. The number of hydrogen-bond acceptors (Lipinski definition) is 3. The molecule has 1 aromatic carbocycles. The maximum absolute atomic E-state index is 13.3. The third-order valence-corrected chi connectivity index (χ3v) is 6.57. The molecule has 0 N–H and O–H groups in total. The van der Waals surface area contributed by atoms with Gasteiger partial charge in [0.05, 0.1) is 5.69 Å². The van der Waals surface area contributed by atoms with Crippen LogP contribution in [0.5, 0.6) is 0 Å². The van der Waals surface area contributed by atoms with Crippen molar-refractivity contribution in [3.8, 4) is 24.2 Å². The van der Waals surface area contributed by atoms with Crippen molar-refractivity contribution >= 4 is 17.5 Å². The van der Waals surface area contributed by atoms with Crippen LogP contribution in [0.4, 0.5) is 5.69 Å². The molecular weight excluding hydrogens is 434 g/mol. The van der Waals surface area contributed by atoms with E-state index in [0.29, 0.717) is 25.1 Å². The number of carbonyl (C=O) groups is 2. The minimum Gasteiger partial charge on any atom is -0.342 e. The summed E-state index contributed by atoms with van der Waals surface area (Å²) in [6.45, 7) is 5.01. The number of anilines is 1. The number of terminal acetylenes is 1. The molecule has 2 heterocycles. The van der Waals surface area contributed by atoms with Crippen molar-refractivity contribution in [1.82, 2.24) is 9.88 Å². The molecule has 0 bridgehead atoms. The standard InChI is InChI=1S/C30H35N3O2/c1-4-11-27(14-8-6-7-12-25-16-20-31-21-17-25)30(35)32-22-18-28(19-23-32)33(24(3)34)29-15-10-9-13-26(29)5-2/h2,9-10,13,15-17,20-21,27-28H,4,8,11-12,14,18-19,22-23H2,1,3H3. The van der Waals surface area contributed by atoms with Gasteiger partial charge >= 0.3 is 0 Å². The molecule has 5 heteroatoms. The van der Waals surface area contributed by atoms with Crippen LogP contribution in [0.15, 0.2) is 48.8 Å². The normalized spacial score (nSPS) is 14.4. The van der Waals surface area contributed by atoms with Gasteiger partial charge in [0.15, 0.2) is 0 Å². The lowest BCUT2D eigenvalue weighted by Gasteiger charge is -2.39. The summed E-state index contributed by atoms with van der Waals surface area (Å²) in [7, 11) is 0. The molecule has 1 atom stereocenters. The fraction of sp³-hybridized carbons (Fsp3) is 0.433. The number of aromatic nitrogens is 1. The van der Waals surface area contributed by atoms with E-state index in [2.05, 4.69) is 29.7 Å². The van der Waals surface area contributed by atoms with Gasteiger partial charge in [-0.3, -0.25) is 14.6 Å². The van der Waals surface area contributed by atoms with E-state index in [1.54, 1.807) is 19.3 Å². The second-order valence-electron chi connectivity index (χ2n) is 9.02. The summed E-state index contributed by atoms with van der Waals surface area (Å²) in [5, 5.41) is 0. The summed E-state index contributed by atoms with van der Waals surface area (Å²) in [6, 6.07) is 11.5. The van der Waals surface area contributed by atoms with E-state index in [0.717, 1.165) is 49.8 Å². The Hall–Kier alpha value is -3.57. The highest BCUT2D eigenvalue weighted by Gasteiger charge is 2.32. The Labute approximate surface area is 209 Å². The Morgan fingerprint density at radius 2 is 1.83 bits per heavy atom. The molecule has 1 aromatic heterocycles. The summed E-state index contributed by atoms with van der Waals surface area (Å²) in [4.78, 5) is 33.7. The van der Waals surface area contributed by atoms with E-state index < -0.39 is 0 Å². The van der Waals surface area contributed by atoms with Crippen LogP contribution in [-0.4, -0.2) is 40.8 Å². The number of pyridine rings is 1. The summed E-state index contributed by atoms with van der Waals surface area (Å²) in [5.41, 5.74) is 2.65. The molecule has 5 nitrogen and oxygen atoms in total. The zero-order valence-corrected chi connectivity index (χ0v) is 20.9. The van der Waals surface area contributed by atoms with Crippen LogP contribution in [-0.2, 0) is 16.0 Å². The van der Waals surface area contributed by atoms with Gasteiger partial charge in [-0.05, 0) is 55.5 Å². The second kappa shape index (κ2) is 13.4. The van der Waals surface area contributed by atoms with Crippen LogP contribution in [0.25, 0.3) is 0 Å². The van der Waals surface area contributed by atoms with Crippen molar-refractivity contribution in [3.05, 3.63) is 59.9 Å². The smallest absolute Gasteiger partial charge is 0.225 e. The molecule has 0 spiro atoms. The lowest BCUT2D eigenvalue weighted by Crippen LogP contribution is -2.49. The number of benzene rings is 1. The van der Waals surface area contributed by atoms with Gasteiger partial charge in [-0.15, -0.1) is 12.3 Å². The number of nitrogens with zero attached hydrogens (tertiary/aromatic N) is 3. The third kappa shape index (κ3) is 7.20. The Balaban J connectivity index is 1.56. The lowest BCUT2D eigenvalue weighted by atomic mass is 9.94. The van der Waals surface area contributed by atoms with Gasteiger partial charge in [0, 0.05) is 62.8 Å². The third-order valence-electron chi connectivity index (χ3n) is 6.57. The molecular formula is C30H35N3O2. The van der Waals surface area contributed by atoms with Crippen LogP contribution in [0, 0.1) is 30.1 Å². The molecule has 1 aliphatic heterocycles. The summed E-state index contributed by atoms with van der Waals surface area (Å²) < 4.78 is 0. The van der Waals surface area contributed by atoms with Crippen LogP contribution in [0.3, 0.4) is 0 Å². The minimum absolute atomic E-state index is 0.00199. The average Bonchev–Trinajstić information content (AvgIpc) is 2.89. The SMILES string of the molecule is C#Cc1ccccc1N(C(C)=O)C1CCN(C(=O)C(CCC)CCC#CCc2ccncc2)CC1. The first kappa shape index (κ1) is 26.0. The van der Waals surface area contributed by atoms with Gasteiger partial charge < -0.3 is 9.80 Å². The van der Waals surface area contributed by atoms with E-state index in [-0.39, 0.29) is 23.8 Å². The quantitative estimate of drug-likeness (QED) is 0.520. The molecule has 182 valence electrons. The monoisotopic (exact) mass is 469 g/mol. The number of hydrogen-bond donors (Lipinski definition) is 0. The van der Waals surface area contributed by atoms with Crippen molar-refractivity contribution in [1.29, 1.82) is 0 Å². The lowest BCUT2D eigenvalue weighted by molar-refractivity contribution is -0.137. The Kier molecular flexibility index (Phi) is 9.93. The highest BCUT2D eigenvalue weighted by Crippen LogP contribution is 2.28. The largest absolute Gasteiger partial charge is 0.342 e. The summed E-state index contributed by atoms with van der Waals surface area (Å²) >= 11 is 0. The van der Waals surface area contributed by atoms with Gasteiger partial charge in [-0.25, -0.2) is 0 Å². The summed E-state index contributed by atoms with van der Waals surface area (Å²) in [6.07, 6.45) is 14.8. The fourth-order valence-corrected chi connectivity index (χ4v) is 4.77. The van der Waals surface area contributed by atoms with Crippen LogP contribution >= 0.6 is 0 Å². The molecule has 3 rings (SSSR count). The first-order valence-corrected chi connectivity index (χ1v) is 12.5. The fourth-order valence-electron chi connectivity index (χ4n) is 4.77.